The van der Waals surface area contributed by atoms with Crippen molar-refractivity contribution >= 4 is 34.7 Å². The molecule has 1 aliphatic heterocycles. The van der Waals surface area contributed by atoms with Crippen LogP contribution in [0.5, 0.6) is 5.75 Å². The maximum absolute atomic E-state index is 13.5. The summed E-state index contributed by atoms with van der Waals surface area (Å²) in [5.41, 5.74) is 1.10. The molecule has 0 spiro atoms. The molecular weight excluding hydrogens is 469 g/mol. The minimum absolute atomic E-state index is 0.0331. The third kappa shape index (κ3) is 4.46. The number of anilines is 1. The first-order chi connectivity index (χ1) is 16.1. The number of amides is 1. The Morgan fingerprint density at radius 1 is 1.18 bits per heavy atom. The van der Waals surface area contributed by atoms with Gasteiger partial charge in [-0.1, -0.05) is 29.8 Å². The van der Waals surface area contributed by atoms with Gasteiger partial charge in [0.05, 0.1) is 29.3 Å². The monoisotopic (exact) mass is 490 g/mol. The van der Waals surface area contributed by atoms with Gasteiger partial charge in [-0.25, -0.2) is 0 Å². The van der Waals surface area contributed by atoms with E-state index in [1.807, 2.05) is 0 Å². The van der Waals surface area contributed by atoms with Crippen LogP contribution < -0.4 is 10.1 Å². The number of hydrogen-bond donors (Lipinski definition) is 1. The smallest absolute Gasteiger partial charge is 0.416 e. The maximum atomic E-state index is 13.5. The number of ether oxygens (including phenoxy) is 1. The number of ketones is 1. The number of methoxy groups -OCH3 is 1. The van der Waals surface area contributed by atoms with E-state index < -0.39 is 29.5 Å². The average molecular weight is 491 g/mol. The van der Waals surface area contributed by atoms with Crippen LogP contribution >= 0.6 is 11.6 Å². The normalized spacial score (nSPS) is 20.5. The van der Waals surface area contributed by atoms with E-state index in [-0.39, 0.29) is 16.5 Å². The van der Waals surface area contributed by atoms with Crippen LogP contribution in [0.25, 0.3) is 0 Å². The van der Waals surface area contributed by atoms with Crippen molar-refractivity contribution in [2.45, 2.75) is 38.3 Å². The van der Waals surface area contributed by atoms with Crippen molar-refractivity contribution in [3.8, 4) is 5.75 Å². The number of benzene rings is 2. The summed E-state index contributed by atoms with van der Waals surface area (Å²) >= 11 is 6.10. The lowest BCUT2D eigenvalue weighted by Crippen LogP contribution is -2.39. The Morgan fingerprint density at radius 2 is 1.91 bits per heavy atom. The molecule has 5 nitrogen and oxygen atoms in total. The first kappa shape index (κ1) is 24.0. The third-order valence-corrected chi connectivity index (χ3v) is 6.47. The summed E-state index contributed by atoms with van der Waals surface area (Å²) in [7, 11) is 1.50. The Labute approximate surface area is 199 Å². The molecule has 0 radical (unpaired) electrons. The Bertz CT molecular complexity index is 1220. The van der Waals surface area contributed by atoms with Crippen molar-refractivity contribution in [3.63, 3.8) is 0 Å². The van der Waals surface area contributed by atoms with Crippen LogP contribution in [0.1, 0.15) is 43.2 Å². The Balaban J connectivity index is 1.80. The molecule has 178 valence electrons. The van der Waals surface area contributed by atoms with Crippen molar-refractivity contribution < 1.29 is 27.5 Å². The molecule has 1 amide bonds. The van der Waals surface area contributed by atoms with Gasteiger partial charge in [0.1, 0.15) is 5.75 Å². The topological polar surface area (TPSA) is 67.8 Å². The minimum atomic E-state index is -4.60. The van der Waals surface area contributed by atoms with Crippen molar-refractivity contribution in [1.82, 2.24) is 0 Å². The van der Waals surface area contributed by atoms with E-state index in [4.69, 9.17) is 16.3 Å². The molecule has 2 atom stereocenters. The molecule has 1 heterocycles. The lowest BCUT2D eigenvalue weighted by atomic mass is 9.71. The van der Waals surface area contributed by atoms with Gasteiger partial charge in [-0.3, -0.25) is 14.6 Å². The molecule has 0 aromatic heterocycles. The molecule has 0 fully saturated rings. The maximum Gasteiger partial charge on any atom is 0.416 e. The highest BCUT2D eigenvalue weighted by atomic mass is 35.5. The number of carbonyl (C=O) groups is 2. The highest BCUT2D eigenvalue weighted by Crippen LogP contribution is 2.46. The number of nitrogens with zero attached hydrogens (tertiary/aromatic N) is 1. The number of para-hydroxylation sites is 1. The second kappa shape index (κ2) is 9.25. The summed E-state index contributed by atoms with van der Waals surface area (Å²) < 4.78 is 45.2. The van der Waals surface area contributed by atoms with E-state index >= 15 is 0 Å². The van der Waals surface area contributed by atoms with Gasteiger partial charge in [-0.15, -0.1) is 0 Å². The molecule has 2 aromatic rings. The van der Waals surface area contributed by atoms with Crippen molar-refractivity contribution in [1.29, 1.82) is 0 Å². The molecule has 1 unspecified atom stereocenters. The first-order valence-corrected chi connectivity index (χ1v) is 11.1. The highest BCUT2D eigenvalue weighted by molar-refractivity contribution is 6.34. The summed E-state index contributed by atoms with van der Waals surface area (Å²) in [5, 5.41) is 2.51. The molecule has 9 heteroatoms. The fourth-order valence-corrected chi connectivity index (χ4v) is 4.78. The molecule has 2 aliphatic rings. The van der Waals surface area contributed by atoms with E-state index in [9.17, 15) is 22.8 Å². The zero-order valence-electron chi connectivity index (χ0n) is 18.5. The SMILES string of the molecule is COc1ccccc1[C@H]1C2=C(CCCC2=O)N=C(C)C1C(=O)Nc1cc(C(F)(F)F)ccc1Cl. The van der Waals surface area contributed by atoms with Gasteiger partial charge < -0.3 is 10.1 Å². The Hall–Kier alpha value is -3.13. The molecule has 0 saturated heterocycles. The zero-order chi connectivity index (χ0) is 24.6. The summed E-state index contributed by atoms with van der Waals surface area (Å²) in [6.45, 7) is 1.68. The average Bonchev–Trinajstić information content (AvgIpc) is 2.79. The number of halogens is 4. The summed E-state index contributed by atoms with van der Waals surface area (Å²) in [6.07, 6.45) is -2.98. The first-order valence-electron chi connectivity index (χ1n) is 10.7. The number of alkyl halides is 3. The summed E-state index contributed by atoms with van der Waals surface area (Å²) in [4.78, 5) is 31.1. The molecule has 1 aliphatic carbocycles. The van der Waals surface area contributed by atoms with Gasteiger partial charge >= 0.3 is 6.18 Å². The number of allylic oxidation sites excluding steroid dienone is 2. The third-order valence-electron chi connectivity index (χ3n) is 6.14. The second-order valence-electron chi connectivity index (χ2n) is 8.27. The quantitative estimate of drug-likeness (QED) is 0.556. The number of Topliss-reactive ketones (excluding diaryl/α,β-unsaturated/α-hetero) is 1. The number of aliphatic imine (C=N–C) groups is 1. The van der Waals surface area contributed by atoms with Gasteiger partial charge in [0.15, 0.2) is 5.78 Å². The minimum Gasteiger partial charge on any atom is -0.496 e. The van der Waals surface area contributed by atoms with Gasteiger partial charge in [-0.05, 0) is 44.0 Å². The van der Waals surface area contributed by atoms with Crippen molar-refractivity contribution in [3.05, 3.63) is 69.9 Å². The molecule has 34 heavy (non-hydrogen) atoms. The van der Waals surface area contributed by atoms with Gasteiger partial charge in [-0.2, -0.15) is 13.2 Å². The van der Waals surface area contributed by atoms with Gasteiger partial charge in [0, 0.05) is 34.9 Å². The molecule has 0 saturated carbocycles. The van der Waals surface area contributed by atoms with E-state index in [0.717, 1.165) is 18.2 Å². The molecule has 0 bridgehead atoms. The number of nitrogens with one attached hydrogen (secondary N) is 1. The van der Waals surface area contributed by atoms with Crippen LogP contribution in [-0.2, 0) is 15.8 Å². The highest BCUT2D eigenvalue weighted by Gasteiger charge is 2.43. The van der Waals surface area contributed by atoms with E-state index in [0.29, 0.717) is 47.6 Å². The fraction of sp³-hybridized carbons (Fsp3) is 0.320. The van der Waals surface area contributed by atoms with Crippen LogP contribution in [-0.4, -0.2) is 24.5 Å². The van der Waals surface area contributed by atoms with Gasteiger partial charge in [0.25, 0.3) is 0 Å². The predicted molar refractivity (Wildman–Crippen MR) is 123 cm³/mol. The molecule has 2 aromatic carbocycles. The molecule has 1 N–H and O–H groups in total. The lowest BCUT2D eigenvalue weighted by Gasteiger charge is -2.35. The zero-order valence-corrected chi connectivity index (χ0v) is 19.3. The summed E-state index contributed by atoms with van der Waals surface area (Å²) in [6, 6.07) is 9.82. The van der Waals surface area contributed by atoms with Gasteiger partial charge in [0.2, 0.25) is 5.91 Å². The molecular formula is C25H22ClF3N2O3. The Kier molecular flexibility index (Phi) is 6.53. The van der Waals surface area contributed by atoms with Crippen molar-refractivity contribution in [2.75, 3.05) is 12.4 Å². The Morgan fingerprint density at radius 3 is 2.62 bits per heavy atom. The number of rotatable bonds is 4. The lowest BCUT2D eigenvalue weighted by molar-refractivity contribution is -0.137. The predicted octanol–water partition coefficient (Wildman–Crippen LogP) is 6.19. The second-order valence-corrected chi connectivity index (χ2v) is 8.68. The van der Waals surface area contributed by atoms with Crippen LogP contribution in [0.15, 0.2) is 58.7 Å². The van der Waals surface area contributed by atoms with E-state index in [1.54, 1.807) is 31.2 Å². The van der Waals surface area contributed by atoms with E-state index in [1.165, 1.54) is 7.11 Å². The van der Waals surface area contributed by atoms with Crippen LogP contribution in [0.4, 0.5) is 18.9 Å². The number of hydrogen-bond acceptors (Lipinski definition) is 4. The van der Waals surface area contributed by atoms with Crippen LogP contribution in [0.3, 0.4) is 0 Å². The largest absolute Gasteiger partial charge is 0.496 e. The fourth-order valence-electron chi connectivity index (χ4n) is 4.61. The standard InChI is InChI=1S/C25H22ClF3N2O3/c1-13-21(24(33)31-18-12-14(25(27,28)29)10-11-16(18)26)22(15-6-3-4-9-20(15)34-2)23-17(30-13)7-5-8-19(23)32/h3-4,6,9-12,21-22H,5,7-8H2,1-2H3,(H,31,33)/t21?,22-/m1/s1. The van der Waals surface area contributed by atoms with Crippen LogP contribution in [0, 0.1) is 5.92 Å². The van der Waals surface area contributed by atoms with Crippen molar-refractivity contribution in [2.24, 2.45) is 10.9 Å². The van der Waals surface area contributed by atoms with Crippen LogP contribution in [0.2, 0.25) is 5.02 Å². The molecule has 4 rings (SSSR count). The van der Waals surface area contributed by atoms with E-state index in [2.05, 4.69) is 10.3 Å². The summed E-state index contributed by atoms with van der Waals surface area (Å²) in [5.74, 6) is -1.84. The number of carbonyl (C=O) groups excluding carboxylic acids is 2.